The van der Waals surface area contributed by atoms with Crippen LogP contribution in [0.25, 0.3) is 0 Å². The molecule has 184 valence electrons. The molecule has 3 aliphatic rings. The van der Waals surface area contributed by atoms with Crippen LogP contribution in [-0.4, -0.2) is 73.9 Å². The maximum atomic E-state index is 12.9. The van der Waals surface area contributed by atoms with E-state index in [0.29, 0.717) is 19.6 Å². The smallest absolute Gasteiger partial charge is 0.223 e. The van der Waals surface area contributed by atoms with Gasteiger partial charge in [0.25, 0.3) is 0 Å². The van der Waals surface area contributed by atoms with Crippen molar-refractivity contribution < 1.29 is 19.4 Å². The second-order valence-electron chi connectivity index (χ2n) is 10.8. The minimum Gasteiger partial charge on any atom is -0.392 e. The van der Waals surface area contributed by atoms with Crippen LogP contribution in [0.4, 0.5) is 0 Å². The van der Waals surface area contributed by atoms with E-state index < -0.39 is 6.10 Å². The average Bonchev–Trinajstić information content (AvgIpc) is 3.27. The van der Waals surface area contributed by atoms with Crippen LogP contribution in [0, 0.1) is 29.1 Å². The van der Waals surface area contributed by atoms with E-state index in [4.69, 9.17) is 4.74 Å². The molecule has 0 bridgehead atoms. The molecule has 1 heterocycles. The fourth-order valence-corrected chi connectivity index (χ4v) is 6.67. The quantitative estimate of drug-likeness (QED) is 0.500. The maximum absolute atomic E-state index is 12.9. The number of hydrogen-bond donors (Lipinski definition) is 3. The van der Waals surface area contributed by atoms with E-state index in [-0.39, 0.29) is 46.9 Å². The first-order valence-corrected chi connectivity index (χ1v) is 12.7. The third-order valence-corrected chi connectivity index (χ3v) is 8.75. The fraction of sp³-hybridized carbons (Fsp3) is 0.920. The molecular weight excluding hydrogens is 406 g/mol. The number of aliphatic hydroxyl groups is 1. The average molecular weight is 452 g/mol. The van der Waals surface area contributed by atoms with Crippen molar-refractivity contribution in [2.75, 3.05) is 39.9 Å². The maximum Gasteiger partial charge on any atom is 0.223 e. The summed E-state index contributed by atoms with van der Waals surface area (Å²) in [5, 5.41) is 17.8. The lowest BCUT2D eigenvalue weighted by Crippen LogP contribution is -2.58. The van der Waals surface area contributed by atoms with E-state index in [1.807, 2.05) is 6.92 Å². The third-order valence-electron chi connectivity index (χ3n) is 8.75. The van der Waals surface area contributed by atoms with Crippen LogP contribution >= 0.6 is 0 Å². The highest BCUT2D eigenvalue weighted by Crippen LogP contribution is 2.55. The summed E-state index contributed by atoms with van der Waals surface area (Å²) in [6.07, 6.45) is 6.19. The Bertz CT molecular complexity index is 639. The third kappa shape index (κ3) is 5.84. The van der Waals surface area contributed by atoms with Gasteiger partial charge in [-0.05, 0) is 74.8 Å². The predicted molar refractivity (Wildman–Crippen MR) is 125 cm³/mol. The highest BCUT2D eigenvalue weighted by Gasteiger charge is 2.53. The number of likely N-dealkylation sites (tertiary alicyclic amines) is 1. The van der Waals surface area contributed by atoms with Crippen LogP contribution in [0.2, 0.25) is 0 Å². The van der Waals surface area contributed by atoms with Crippen LogP contribution in [0.1, 0.15) is 65.7 Å². The van der Waals surface area contributed by atoms with E-state index >= 15 is 0 Å². The first kappa shape index (κ1) is 25.4. The highest BCUT2D eigenvalue weighted by molar-refractivity contribution is 5.78. The number of ether oxygens (including phenoxy) is 1. The van der Waals surface area contributed by atoms with Crippen LogP contribution in [-0.2, 0) is 14.3 Å². The minimum absolute atomic E-state index is 0.0138. The molecule has 7 nitrogen and oxygen atoms in total. The van der Waals surface area contributed by atoms with Crippen molar-refractivity contribution in [3.63, 3.8) is 0 Å². The number of fused-ring (bicyclic) bond motifs is 1. The Morgan fingerprint density at radius 2 is 1.91 bits per heavy atom. The lowest BCUT2D eigenvalue weighted by atomic mass is 9.51. The molecule has 3 rings (SSSR count). The molecule has 7 heteroatoms. The molecule has 2 amide bonds. The van der Waals surface area contributed by atoms with E-state index in [1.54, 1.807) is 7.11 Å². The van der Waals surface area contributed by atoms with E-state index in [2.05, 4.69) is 29.4 Å². The van der Waals surface area contributed by atoms with Crippen LogP contribution in [0.3, 0.4) is 0 Å². The molecule has 0 aromatic rings. The van der Waals surface area contributed by atoms with Gasteiger partial charge in [-0.15, -0.1) is 0 Å². The summed E-state index contributed by atoms with van der Waals surface area (Å²) in [7, 11) is 1.60. The highest BCUT2D eigenvalue weighted by atomic mass is 16.5. The second kappa shape index (κ2) is 11.3. The Kier molecular flexibility index (Phi) is 8.98. The molecule has 2 aliphatic carbocycles. The van der Waals surface area contributed by atoms with Gasteiger partial charge in [0.1, 0.15) is 0 Å². The summed E-state index contributed by atoms with van der Waals surface area (Å²) < 4.78 is 5.03. The summed E-state index contributed by atoms with van der Waals surface area (Å²) in [5.74, 6) is 0.0814. The van der Waals surface area contributed by atoms with Crippen molar-refractivity contribution in [3.8, 4) is 0 Å². The van der Waals surface area contributed by atoms with Gasteiger partial charge in [0.05, 0.1) is 12.7 Å². The number of carbonyl (C=O) groups excluding carboxylic acids is 2. The fourth-order valence-electron chi connectivity index (χ4n) is 6.67. The molecule has 1 aliphatic heterocycles. The molecule has 0 aromatic carbocycles. The van der Waals surface area contributed by atoms with E-state index in [0.717, 1.165) is 45.3 Å². The zero-order valence-electron chi connectivity index (χ0n) is 20.6. The first-order valence-electron chi connectivity index (χ1n) is 12.7. The number of carbonyl (C=O) groups is 2. The number of nitrogens with one attached hydrogen (secondary N) is 2. The van der Waals surface area contributed by atoms with Gasteiger partial charge in [-0.3, -0.25) is 9.59 Å². The van der Waals surface area contributed by atoms with Crippen molar-refractivity contribution in [3.05, 3.63) is 0 Å². The molecule has 32 heavy (non-hydrogen) atoms. The number of hydrogen-bond acceptors (Lipinski definition) is 5. The lowest BCUT2D eigenvalue weighted by Gasteiger charge is -2.56. The van der Waals surface area contributed by atoms with Crippen molar-refractivity contribution in [2.24, 2.45) is 29.1 Å². The van der Waals surface area contributed by atoms with E-state index in [9.17, 15) is 14.7 Å². The summed E-state index contributed by atoms with van der Waals surface area (Å²) in [6.45, 7) is 10.7. The predicted octanol–water partition coefficient (Wildman–Crippen LogP) is 2.18. The molecular formula is C25H45N3O4. The molecule has 1 saturated heterocycles. The number of aliphatic hydroxyl groups excluding tert-OH is 1. The van der Waals surface area contributed by atoms with Crippen LogP contribution in [0.5, 0.6) is 0 Å². The Morgan fingerprint density at radius 1 is 1.22 bits per heavy atom. The zero-order chi connectivity index (χ0) is 23.3. The molecule has 0 aromatic heterocycles. The molecule has 3 fully saturated rings. The SMILES string of the molecule is COCCC(=O)N[C@H]1CC[C@]2(C)CC[C@@H]([C@H](C)C(=O)NCCN3CCCC3)[C@H](O)[C@H]2[C@@H]1C. The normalized spacial score (nSPS) is 36.3. The summed E-state index contributed by atoms with van der Waals surface area (Å²) in [4.78, 5) is 27.6. The van der Waals surface area contributed by atoms with Crippen LogP contribution < -0.4 is 10.6 Å². The van der Waals surface area contributed by atoms with Gasteiger partial charge in [0.2, 0.25) is 11.8 Å². The van der Waals surface area contributed by atoms with Gasteiger partial charge in [0.15, 0.2) is 0 Å². The van der Waals surface area contributed by atoms with Gasteiger partial charge in [-0.25, -0.2) is 0 Å². The Balaban J connectivity index is 1.58. The largest absolute Gasteiger partial charge is 0.392 e. The summed E-state index contributed by atoms with van der Waals surface area (Å²) in [5.41, 5.74) is 0.0645. The standard InChI is InChI=1S/C25H45N3O4/c1-17(24(31)26-12-15-28-13-5-6-14-28)19-7-10-25(3)11-8-20(18(2)22(25)23(19)30)27-21(29)9-16-32-4/h17-20,22-23,30H,5-16H2,1-4H3,(H,26,31)(H,27,29)/t17-,18+,19-,20-,22+,23-,25-/m0/s1. The van der Waals surface area contributed by atoms with Gasteiger partial charge < -0.3 is 25.4 Å². The molecule has 7 atom stereocenters. The van der Waals surface area contributed by atoms with Gasteiger partial charge in [-0.2, -0.15) is 0 Å². The van der Waals surface area contributed by atoms with Gasteiger partial charge in [0, 0.05) is 38.6 Å². The molecule has 0 radical (unpaired) electrons. The van der Waals surface area contributed by atoms with Crippen molar-refractivity contribution >= 4 is 11.8 Å². The zero-order valence-corrected chi connectivity index (χ0v) is 20.6. The van der Waals surface area contributed by atoms with Gasteiger partial charge in [-0.1, -0.05) is 20.8 Å². The molecule has 0 spiro atoms. The minimum atomic E-state index is -0.526. The van der Waals surface area contributed by atoms with Gasteiger partial charge >= 0.3 is 0 Å². The van der Waals surface area contributed by atoms with Crippen molar-refractivity contribution in [1.29, 1.82) is 0 Å². The number of amides is 2. The number of rotatable bonds is 9. The number of nitrogens with zero attached hydrogens (tertiary/aromatic N) is 1. The second-order valence-corrected chi connectivity index (χ2v) is 10.8. The van der Waals surface area contributed by atoms with Crippen LogP contribution in [0.15, 0.2) is 0 Å². The molecule has 3 N–H and O–H groups in total. The molecule has 2 saturated carbocycles. The van der Waals surface area contributed by atoms with E-state index in [1.165, 1.54) is 12.8 Å². The first-order chi connectivity index (χ1) is 15.3. The lowest BCUT2D eigenvalue weighted by molar-refractivity contribution is -0.143. The number of methoxy groups -OCH3 is 1. The molecule has 0 unspecified atom stereocenters. The summed E-state index contributed by atoms with van der Waals surface area (Å²) in [6, 6.07) is 0.0652. The Hall–Kier alpha value is -1.18. The topological polar surface area (TPSA) is 90.9 Å². The monoisotopic (exact) mass is 451 g/mol. The Labute approximate surface area is 194 Å². The van der Waals surface area contributed by atoms with Crippen molar-refractivity contribution in [2.45, 2.75) is 77.9 Å². The Morgan fingerprint density at radius 3 is 2.59 bits per heavy atom. The summed E-state index contributed by atoms with van der Waals surface area (Å²) >= 11 is 0. The van der Waals surface area contributed by atoms with Crippen molar-refractivity contribution in [1.82, 2.24) is 15.5 Å².